The maximum absolute atomic E-state index is 11.5. The summed E-state index contributed by atoms with van der Waals surface area (Å²) in [5.74, 6) is 2.31. The zero-order valence-electron chi connectivity index (χ0n) is 18.6. The van der Waals surface area contributed by atoms with Gasteiger partial charge in [0.25, 0.3) is 0 Å². The molecule has 178 valence electrons. The van der Waals surface area contributed by atoms with Crippen molar-refractivity contribution in [1.29, 1.82) is 0 Å². The SMILES string of the molecule is CCNC(=NCC(c1ccco1)N1CCCC1)NCCOc1ccc(S(C)(=O)=O)cc1.I. The molecule has 3 rings (SSSR count). The molecule has 0 saturated carbocycles. The smallest absolute Gasteiger partial charge is 0.191 e. The van der Waals surface area contributed by atoms with Gasteiger partial charge in [-0.15, -0.1) is 24.0 Å². The molecular weight excluding hydrogens is 543 g/mol. The molecule has 8 nitrogen and oxygen atoms in total. The Morgan fingerprint density at radius 1 is 1.19 bits per heavy atom. The molecule has 2 heterocycles. The molecule has 1 aliphatic heterocycles. The molecule has 1 aliphatic rings. The quantitative estimate of drug-likeness (QED) is 0.194. The van der Waals surface area contributed by atoms with Crippen molar-refractivity contribution in [2.75, 3.05) is 45.6 Å². The highest BCUT2D eigenvalue weighted by molar-refractivity contribution is 14.0. The number of aliphatic imine (C=N–C) groups is 1. The van der Waals surface area contributed by atoms with Gasteiger partial charge in [0.15, 0.2) is 15.8 Å². The lowest BCUT2D eigenvalue weighted by atomic mass is 10.2. The Morgan fingerprint density at radius 2 is 1.91 bits per heavy atom. The van der Waals surface area contributed by atoms with Crippen LogP contribution in [0.3, 0.4) is 0 Å². The van der Waals surface area contributed by atoms with Crippen molar-refractivity contribution in [1.82, 2.24) is 15.5 Å². The van der Waals surface area contributed by atoms with Gasteiger partial charge in [-0.25, -0.2) is 8.42 Å². The van der Waals surface area contributed by atoms with Crippen molar-refractivity contribution in [3.63, 3.8) is 0 Å². The minimum Gasteiger partial charge on any atom is -0.492 e. The fourth-order valence-electron chi connectivity index (χ4n) is 3.56. The number of sulfone groups is 1. The van der Waals surface area contributed by atoms with Crippen LogP contribution >= 0.6 is 24.0 Å². The molecule has 0 amide bonds. The standard InChI is InChI=1S/C22H32N4O4S.HI/c1-3-23-22(24-12-16-29-18-8-10-19(11-9-18)31(2,27)28)25-17-20(21-7-6-15-30-21)26-13-4-5-14-26;/h6-11,15,20H,3-5,12-14,16-17H2,1-2H3,(H2,23,24,25);1H. The maximum atomic E-state index is 11.5. The van der Waals surface area contributed by atoms with E-state index in [1.165, 1.54) is 19.1 Å². The third kappa shape index (κ3) is 7.96. The van der Waals surface area contributed by atoms with Crippen LogP contribution in [0.5, 0.6) is 5.75 Å². The number of nitrogens with zero attached hydrogens (tertiary/aromatic N) is 2. The fourth-order valence-corrected chi connectivity index (χ4v) is 4.19. The van der Waals surface area contributed by atoms with Crippen molar-refractivity contribution in [2.24, 2.45) is 4.99 Å². The van der Waals surface area contributed by atoms with Crippen LogP contribution in [0.25, 0.3) is 0 Å². The average molecular weight is 577 g/mol. The van der Waals surface area contributed by atoms with Crippen molar-refractivity contribution in [3.8, 4) is 5.75 Å². The van der Waals surface area contributed by atoms with Gasteiger partial charge in [0.1, 0.15) is 18.1 Å². The third-order valence-electron chi connectivity index (χ3n) is 5.13. The van der Waals surface area contributed by atoms with Crippen LogP contribution in [0.2, 0.25) is 0 Å². The fraction of sp³-hybridized carbons (Fsp3) is 0.500. The lowest BCUT2D eigenvalue weighted by Crippen LogP contribution is -2.40. The summed E-state index contributed by atoms with van der Waals surface area (Å²) in [5.41, 5.74) is 0. The van der Waals surface area contributed by atoms with Crippen molar-refractivity contribution in [3.05, 3.63) is 48.4 Å². The van der Waals surface area contributed by atoms with Crippen LogP contribution in [-0.4, -0.2) is 64.9 Å². The topological polar surface area (TPSA) is 96.2 Å². The zero-order valence-corrected chi connectivity index (χ0v) is 21.8. The summed E-state index contributed by atoms with van der Waals surface area (Å²) in [4.78, 5) is 7.47. The minimum absolute atomic E-state index is 0. The Labute approximate surface area is 207 Å². The number of rotatable bonds is 10. The molecule has 0 bridgehead atoms. The van der Waals surface area contributed by atoms with Crippen molar-refractivity contribution >= 4 is 39.8 Å². The van der Waals surface area contributed by atoms with Crippen LogP contribution in [0.15, 0.2) is 57.0 Å². The number of guanidine groups is 1. The number of ether oxygens (including phenoxy) is 1. The molecule has 1 unspecified atom stereocenters. The number of furan rings is 1. The van der Waals surface area contributed by atoms with E-state index in [-0.39, 0.29) is 34.9 Å². The molecule has 0 aliphatic carbocycles. The van der Waals surface area contributed by atoms with E-state index in [9.17, 15) is 8.42 Å². The normalized spacial score (nSPS) is 15.8. The van der Waals surface area contributed by atoms with E-state index in [0.717, 1.165) is 31.4 Å². The van der Waals surface area contributed by atoms with Crippen LogP contribution in [0, 0.1) is 0 Å². The van der Waals surface area contributed by atoms with Gasteiger partial charge in [-0.1, -0.05) is 0 Å². The van der Waals surface area contributed by atoms with E-state index in [0.29, 0.717) is 25.4 Å². The van der Waals surface area contributed by atoms with Crippen LogP contribution in [-0.2, 0) is 9.84 Å². The first kappa shape index (κ1) is 26.5. The second-order valence-corrected chi connectivity index (χ2v) is 9.53. The summed E-state index contributed by atoms with van der Waals surface area (Å²) in [5, 5.41) is 6.55. The molecule has 1 fully saturated rings. The lowest BCUT2D eigenvalue weighted by Gasteiger charge is -2.24. The van der Waals surface area contributed by atoms with E-state index in [4.69, 9.17) is 14.1 Å². The van der Waals surface area contributed by atoms with Crippen LogP contribution < -0.4 is 15.4 Å². The molecule has 2 aromatic rings. The Balaban J connectivity index is 0.00000363. The van der Waals surface area contributed by atoms with Gasteiger partial charge in [0.05, 0.1) is 30.3 Å². The van der Waals surface area contributed by atoms with Gasteiger partial charge in [0, 0.05) is 12.8 Å². The molecule has 0 spiro atoms. The molecule has 1 aromatic heterocycles. The minimum atomic E-state index is -3.20. The number of hydrogen-bond acceptors (Lipinski definition) is 6. The van der Waals surface area contributed by atoms with E-state index in [2.05, 4.69) is 15.5 Å². The summed E-state index contributed by atoms with van der Waals surface area (Å²) in [7, 11) is -3.20. The second-order valence-electron chi connectivity index (χ2n) is 7.51. The maximum Gasteiger partial charge on any atom is 0.191 e. The van der Waals surface area contributed by atoms with Crippen LogP contribution in [0.1, 0.15) is 31.6 Å². The number of hydrogen-bond donors (Lipinski definition) is 2. The molecule has 1 saturated heterocycles. The highest BCUT2D eigenvalue weighted by Crippen LogP contribution is 2.25. The molecule has 1 atom stereocenters. The van der Waals surface area contributed by atoms with Gasteiger partial charge in [-0.05, 0) is 69.3 Å². The summed E-state index contributed by atoms with van der Waals surface area (Å²) >= 11 is 0. The molecule has 32 heavy (non-hydrogen) atoms. The molecule has 0 radical (unpaired) electrons. The summed E-state index contributed by atoms with van der Waals surface area (Å²) in [6.45, 7) is 6.52. The van der Waals surface area contributed by atoms with E-state index in [1.807, 2.05) is 19.1 Å². The Kier molecular flexibility index (Phi) is 10.8. The van der Waals surface area contributed by atoms with Gasteiger partial charge in [-0.3, -0.25) is 9.89 Å². The summed E-state index contributed by atoms with van der Waals surface area (Å²) in [6.07, 6.45) is 5.32. The predicted molar refractivity (Wildman–Crippen MR) is 137 cm³/mol. The summed E-state index contributed by atoms with van der Waals surface area (Å²) < 4.78 is 34.4. The first-order valence-electron chi connectivity index (χ1n) is 10.7. The van der Waals surface area contributed by atoms with Gasteiger partial charge < -0.3 is 19.8 Å². The summed E-state index contributed by atoms with van der Waals surface area (Å²) in [6, 6.07) is 10.5. The van der Waals surface area contributed by atoms with Gasteiger partial charge >= 0.3 is 0 Å². The monoisotopic (exact) mass is 576 g/mol. The van der Waals surface area contributed by atoms with Crippen molar-refractivity contribution < 1.29 is 17.6 Å². The first-order chi connectivity index (χ1) is 15.0. The molecule has 2 N–H and O–H groups in total. The lowest BCUT2D eigenvalue weighted by molar-refractivity contribution is 0.221. The average Bonchev–Trinajstić information content (AvgIpc) is 3.46. The third-order valence-corrected chi connectivity index (χ3v) is 6.26. The van der Waals surface area contributed by atoms with Crippen molar-refractivity contribution in [2.45, 2.75) is 30.7 Å². The van der Waals surface area contributed by atoms with Gasteiger partial charge in [0.2, 0.25) is 0 Å². The second kappa shape index (κ2) is 13.0. The highest BCUT2D eigenvalue weighted by Gasteiger charge is 2.25. The number of halogens is 1. The highest BCUT2D eigenvalue weighted by atomic mass is 127. The Hall–Kier alpha value is -1.79. The van der Waals surface area contributed by atoms with Gasteiger partial charge in [-0.2, -0.15) is 0 Å². The molecule has 1 aromatic carbocycles. The van der Waals surface area contributed by atoms with Crippen LogP contribution in [0.4, 0.5) is 0 Å². The largest absolute Gasteiger partial charge is 0.492 e. The Bertz CT molecular complexity index is 927. The number of benzene rings is 1. The Morgan fingerprint density at radius 3 is 2.50 bits per heavy atom. The first-order valence-corrected chi connectivity index (χ1v) is 12.6. The van der Waals surface area contributed by atoms with E-state index in [1.54, 1.807) is 30.5 Å². The molecular formula is C22H33IN4O4S. The molecule has 10 heteroatoms. The van der Waals surface area contributed by atoms with E-state index >= 15 is 0 Å². The number of nitrogens with one attached hydrogen (secondary N) is 2. The number of likely N-dealkylation sites (tertiary alicyclic amines) is 1. The zero-order chi connectivity index (χ0) is 22.1. The van der Waals surface area contributed by atoms with E-state index < -0.39 is 9.84 Å². The predicted octanol–water partition coefficient (Wildman–Crippen LogP) is 3.07.